The van der Waals surface area contributed by atoms with Crippen molar-refractivity contribution in [3.63, 3.8) is 0 Å². The number of anilines is 1. The van der Waals surface area contributed by atoms with Crippen LogP contribution in [0.4, 0.5) is 5.69 Å². The Morgan fingerprint density at radius 3 is 2.72 bits per heavy atom. The van der Waals surface area contributed by atoms with Crippen LogP contribution in [-0.2, 0) is 11.3 Å². The summed E-state index contributed by atoms with van der Waals surface area (Å²) < 4.78 is 0. The fraction of sp³-hybridized carbons (Fsp3) is 0.304. The molecule has 150 valence electrons. The average Bonchev–Trinajstić information content (AvgIpc) is 3.13. The van der Waals surface area contributed by atoms with Gasteiger partial charge in [-0.25, -0.2) is 4.98 Å². The Morgan fingerprint density at radius 1 is 1.21 bits per heavy atom. The van der Waals surface area contributed by atoms with Gasteiger partial charge in [-0.05, 0) is 44.0 Å². The molecule has 2 heterocycles. The molecule has 1 aromatic heterocycles. The summed E-state index contributed by atoms with van der Waals surface area (Å²) in [7, 11) is 0. The summed E-state index contributed by atoms with van der Waals surface area (Å²) in [5.74, 6) is 0.152. The van der Waals surface area contributed by atoms with Crippen LogP contribution in [0.2, 0.25) is 5.02 Å². The number of hydrogen-bond acceptors (Lipinski definition) is 4. The van der Waals surface area contributed by atoms with Crippen LogP contribution >= 0.6 is 22.9 Å². The summed E-state index contributed by atoms with van der Waals surface area (Å²) in [5, 5.41) is 4.81. The van der Waals surface area contributed by atoms with Crippen molar-refractivity contribution in [1.29, 1.82) is 0 Å². The van der Waals surface area contributed by atoms with Crippen LogP contribution in [0.1, 0.15) is 23.4 Å². The van der Waals surface area contributed by atoms with Gasteiger partial charge in [0.25, 0.3) is 0 Å². The summed E-state index contributed by atoms with van der Waals surface area (Å²) in [6.07, 6.45) is 1.97. The normalized spacial score (nSPS) is 16.6. The number of nitrogens with zero attached hydrogens (tertiary/aromatic N) is 2. The van der Waals surface area contributed by atoms with Crippen molar-refractivity contribution in [1.82, 2.24) is 10.3 Å². The molecule has 0 radical (unpaired) electrons. The summed E-state index contributed by atoms with van der Waals surface area (Å²) >= 11 is 7.60. The second-order valence-electron chi connectivity index (χ2n) is 7.37. The number of hydrogen-bond donors (Lipinski definition) is 1. The summed E-state index contributed by atoms with van der Waals surface area (Å²) in [4.78, 5) is 20.9. The Kier molecular flexibility index (Phi) is 6.16. The number of aryl methyl sites for hydroxylation is 1. The van der Waals surface area contributed by atoms with Crippen molar-refractivity contribution in [3.05, 3.63) is 70.2 Å². The van der Waals surface area contributed by atoms with E-state index in [2.05, 4.69) is 27.3 Å². The maximum Gasteiger partial charge on any atom is 0.225 e. The Labute approximate surface area is 180 Å². The Bertz CT molecular complexity index is 972. The largest absolute Gasteiger partial charge is 0.371 e. The second kappa shape index (κ2) is 8.97. The monoisotopic (exact) mass is 425 g/mol. The van der Waals surface area contributed by atoms with Crippen molar-refractivity contribution >= 4 is 34.5 Å². The van der Waals surface area contributed by atoms with Crippen LogP contribution < -0.4 is 10.2 Å². The zero-order valence-corrected chi connectivity index (χ0v) is 18.0. The van der Waals surface area contributed by atoms with Crippen LogP contribution in [0.15, 0.2) is 54.6 Å². The van der Waals surface area contributed by atoms with E-state index in [4.69, 9.17) is 11.6 Å². The SMILES string of the molecule is Cc1nc(-c2ccc(Cl)cc2)sc1CNC(=O)[C@@H]1CCCN(c2ccccc2)C1. The third kappa shape index (κ3) is 4.80. The molecule has 0 spiro atoms. The van der Waals surface area contributed by atoms with E-state index >= 15 is 0 Å². The first-order chi connectivity index (χ1) is 14.1. The minimum absolute atomic E-state index is 0.0212. The smallest absolute Gasteiger partial charge is 0.225 e. The molecule has 4 rings (SSSR count). The highest BCUT2D eigenvalue weighted by molar-refractivity contribution is 7.15. The summed E-state index contributed by atoms with van der Waals surface area (Å²) in [5.41, 5.74) is 3.21. The minimum Gasteiger partial charge on any atom is -0.371 e. The number of aromatic nitrogens is 1. The number of benzene rings is 2. The van der Waals surface area contributed by atoms with Gasteiger partial charge in [0.05, 0.1) is 18.2 Å². The van der Waals surface area contributed by atoms with Gasteiger partial charge in [0.1, 0.15) is 5.01 Å². The first-order valence-corrected chi connectivity index (χ1v) is 11.1. The lowest BCUT2D eigenvalue weighted by molar-refractivity contribution is -0.125. The van der Waals surface area contributed by atoms with Gasteiger partial charge in [0.15, 0.2) is 0 Å². The van der Waals surface area contributed by atoms with Crippen molar-refractivity contribution < 1.29 is 4.79 Å². The number of carbonyl (C=O) groups is 1. The van der Waals surface area contributed by atoms with E-state index in [1.807, 2.05) is 49.4 Å². The molecule has 3 aromatic rings. The lowest BCUT2D eigenvalue weighted by atomic mass is 9.96. The predicted molar refractivity (Wildman–Crippen MR) is 121 cm³/mol. The van der Waals surface area contributed by atoms with Crippen molar-refractivity contribution in [2.45, 2.75) is 26.3 Å². The lowest BCUT2D eigenvalue weighted by Crippen LogP contribution is -2.42. The number of amides is 1. The van der Waals surface area contributed by atoms with Gasteiger partial charge in [-0.3, -0.25) is 4.79 Å². The molecule has 1 amide bonds. The molecule has 0 aliphatic carbocycles. The van der Waals surface area contributed by atoms with Gasteiger partial charge >= 0.3 is 0 Å². The predicted octanol–water partition coefficient (Wildman–Crippen LogP) is 5.30. The molecule has 2 aromatic carbocycles. The van der Waals surface area contributed by atoms with E-state index in [1.54, 1.807) is 11.3 Å². The van der Waals surface area contributed by atoms with Crippen LogP contribution in [0.25, 0.3) is 10.6 Å². The van der Waals surface area contributed by atoms with E-state index in [9.17, 15) is 4.79 Å². The van der Waals surface area contributed by atoms with Crippen molar-refractivity contribution in [2.75, 3.05) is 18.0 Å². The minimum atomic E-state index is 0.0212. The third-order valence-electron chi connectivity index (χ3n) is 5.32. The Hall–Kier alpha value is -2.37. The molecule has 1 saturated heterocycles. The Morgan fingerprint density at radius 2 is 1.97 bits per heavy atom. The van der Waals surface area contributed by atoms with Crippen LogP contribution in [0, 0.1) is 12.8 Å². The third-order valence-corrected chi connectivity index (χ3v) is 6.78. The number of thiazole rings is 1. The topological polar surface area (TPSA) is 45.2 Å². The maximum atomic E-state index is 12.8. The van der Waals surface area contributed by atoms with Gasteiger partial charge < -0.3 is 10.2 Å². The van der Waals surface area contributed by atoms with Gasteiger partial charge in [-0.1, -0.05) is 41.9 Å². The van der Waals surface area contributed by atoms with E-state index in [0.29, 0.717) is 11.6 Å². The lowest BCUT2D eigenvalue weighted by Gasteiger charge is -2.33. The fourth-order valence-electron chi connectivity index (χ4n) is 3.68. The van der Waals surface area contributed by atoms with Crippen molar-refractivity contribution in [3.8, 4) is 10.6 Å². The molecule has 0 saturated carbocycles. The molecule has 1 N–H and O–H groups in total. The van der Waals surface area contributed by atoms with E-state index in [1.165, 1.54) is 5.69 Å². The first-order valence-electron chi connectivity index (χ1n) is 9.90. The zero-order valence-electron chi connectivity index (χ0n) is 16.4. The number of nitrogens with one attached hydrogen (secondary N) is 1. The van der Waals surface area contributed by atoms with E-state index < -0.39 is 0 Å². The number of carbonyl (C=O) groups excluding carboxylic acids is 1. The second-order valence-corrected chi connectivity index (χ2v) is 8.89. The number of rotatable bonds is 5. The highest BCUT2D eigenvalue weighted by atomic mass is 35.5. The van der Waals surface area contributed by atoms with Crippen molar-refractivity contribution in [2.24, 2.45) is 5.92 Å². The maximum absolute atomic E-state index is 12.8. The molecule has 6 heteroatoms. The summed E-state index contributed by atoms with van der Waals surface area (Å²) in [6.45, 7) is 4.30. The van der Waals surface area contributed by atoms with Crippen LogP contribution in [0.5, 0.6) is 0 Å². The molecule has 0 unspecified atom stereocenters. The highest BCUT2D eigenvalue weighted by Crippen LogP contribution is 2.29. The van der Waals surface area contributed by atoms with Gasteiger partial charge in [0, 0.05) is 34.2 Å². The van der Waals surface area contributed by atoms with E-state index in [0.717, 1.165) is 47.1 Å². The molecular formula is C23H24ClN3OS. The number of piperidine rings is 1. The van der Waals surface area contributed by atoms with Crippen LogP contribution in [0.3, 0.4) is 0 Å². The number of para-hydroxylation sites is 1. The van der Waals surface area contributed by atoms with Crippen LogP contribution in [-0.4, -0.2) is 24.0 Å². The molecule has 4 nitrogen and oxygen atoms in total. The van der Waals surface area contributed by atoms with Gasteiger partial charge in [-0.15, -0.1) is 11.3 Å². The fourth-order valence-corrected chi connectivity index (χ4v) is 4.82. The molecular weight excluding hydrogens is 402 g/mol. The first kappa shape index (κ1) is 19.9. The summed E-state index contributed by atoms with van der Waals surface area (Å²) in [6, 6.07) is 18.0. The molecule has 0 bridgehead atoms. The van der Waals surface area contributed by atoms with E-state index in [-0.39, 0.29) is 11.8 Å². The molecule has 1 atom stereocenters. The number of halogens is 1. The molecule has 29 heavy (non-hydrogen) atoms. The van der Waals surface area contributed by atoms with Gasteiger partial charge in [-0.2, -0.15) is 0 Å². The molecule has 1 aliphatic rings. The standard InChI is InChI=1S/C23H24ClN3OS/c1-16-21(29-23(26-16)17-9-11-19(24)12-10-17)14-25-22(28)18-6-5-13-27(15-18)20-7-3-2-4-8-20/h2-4,7-12,18H,5-6,13-15H2,1H3,(H,25,28)/t18-/m1/s1. The Balaban J connectivity index is 1.37. The quantitative estimate of drug-likeness (QED) is 0.602. The molecule has 1 aliphatic heterocycles. The van der Waals surface area contributed by atoms with Gasteiger partial charge in [0.2, 0.25) is 5.91 Å². The average molecular weight is 426 g/mol. The molecule has 1 fully saturated rings. The zero-order chi connectivity index (χ0) is 20.2. The highest BCUT2D eigenvalue weighted by Gasteiger charge is 2.26.